The van der Waals surface area contributed by atoms with Crippen LogP contribution < -0.4 is 4.74 Å². The van der Waals surface area contributed by atoms with Gasteiger partial charge in [-0.25, -0.2) is 4.98 Å². The third-order valence-electron chi connectivity index (χ3n) is 7.09. The monoisotopic (exact) mass is 552 g/mol. The van der Waals surface area contributed by atoms with Gasteiger partial charge >= 0.3 is 0 Å². The standard InChI is InChI=1S/C31H28N4O6/c1-21-6-2-3-7-24(21)19-41-26-12-10-22(11-13-26)29(36)27-28(23-8-4-9-25(18-23)35(39)40)34(31(38)30(27)37)16-5-15-33-17-14-32-20-33/h2-4,6-14,17-18,20,28,36H,5,15-16,19H2,1H3. The van der Waals surface area contributed by atoms with Crippen LogP contribution in [0.15, 0.2) is 97.1 Å². The summed E-state index contributed by atoms with van der Waals surface area (Å²) >= 11 is 0. The SMILES string of the molecule is Cc1ccccc1COc1ccc(C(O)=C2C(=O)C(=O)N(CCCn3ccnc3)C2c2cccc([N+](=O)[O-])c2)cc1. The molecule has 0 aliphatic carbocycles. The molecule has 1 amide bonds. The van der Waals surface area contributed by atoms with Crippen LogP contribution in [0.1, 0.15) is 34.7 Å². The van der Waals surface area contributed by atoms with Crippen molar-refractivity contribution in [2.45, 2.75) is 32.5 Å². The van der Waals surface area contributed by atoms with Crippen LogP contribution in [0.4, 0.5) is 5.69 Å². The molecule has 10 nitrogen and oxygen atoms in total. The van der Waals surface area contributed by atoms with Crippen molar-refractivity contribution in [2.75, 3.05) is 6.54 Å². The number of imidazole rings is 1. The van der Waals surface area contributed by atoms with Crippen LogP contribution in [0.2, 0.25) is 0 Å². The van der Waals surface area contributed by atoms with Gasteiger partial charge < -0.3 is 19.3 Å². The van der Waals surface area contributed by atoms with Crippen LogP contribution >= 0.6 is 0 Å². The van der Waals surface area contributed by atoms with Crippen molar-refractivity contribution in [3.63, 3.8) is 0 Å². The van der Waals surface area contributed by atoms with E-state index in [0.717, 1.165) is 11.1 Å². The summed E-state index contributed by atoms with van der Waals surface area (Å²) in [5.41, 5.74) is 2.54. The predicted octanol–water partition coefficient (Wildman–Crippen LogP) is 5.19. The summed E-state index contributed by atoms with van der Waals surface area (Å²) in [6.45, 7) is 3.12. The van der Waals surface area contributed by atoms with Gasteiger partial charge in [0.15, 0.2) is 0 Å². The van der Waals surface area contributed by atoms with E-state index in [-0.39, 0.29) is 23.6 Å². The number of Topliss-reactive ketones (excluding diaryl/α,β-unsaturated/α-hetero) is 1. The molecule has 41 heavy (non-hydrogen) atoms. The summed E-state index contributed by atoms with van der Waals surface area (Å²) in [5.74, 6) is -1.41. The number of carbonyl (C=O) groups is 2. The fourth-order valence-electron chi connectivity index (χ4n) is 4.91. The van der Waals surface area contributed by atoms with Gasteiger partial charge in [0.05, 0.1) is 22.9 Å². The molecule has 0 radical (unpaired) electrons. The van der Waals surface area contributed by atoms with E-state index in [1.54, 1.807) is 49.1 Å². The first kappa shape index (κ1) is 27.3. The minimum atomic E-state index is -0.991. The molecule has 10 heteroatoms. The molecule has 1 aliphatic rings. The van der Waals surface area contributed by atoms with E-state index in [0.29, 0.717) is 36.4 Å². The van der Waals surface area contributed by atoms with Crippen molar-refractivity contribution in [1.82, 2.24) is 14.5 Å². The number of hydrogen-bond acceptors (Lipinski definition) is 7. The van der Waals surface area contributed by atoms with Gasteiger partial charge in [-0.3, -0.25) is 19.7 Å². The minimum Gasteiger partial charge on any atom is -0.507 e. The first-order valence-electron chi connectivity index (χ1n) is 13.1. The van der Waals surface area contributed by atoms with Gasteiger partial charge in [-0.2, -0.15) is 0 Å². The van der Waals surface area contributed by atoms with Crippen molar-refractivity contribution >= 4 is 23.1 Å². The average molecular weight is 553 g/mol. The topological polar surface area (TPSA) is 128 Å². The molecular weight excluding hydrogens is 524 g/mol. The maximum Gasteiger partial charge on any atom is 0.295 e. The van der Waals surface area contributed by atoms with Gasteiger partial charge in [0.2, 0.25) is 0 Å². The molecule has 5 rings (SSSR count). The highest BCUT2D eigenvalue weighted by molar-refractivity contribution is 6.46. The van der Waals surface area contributed by atoms with Crippen LogP contribution in [0, 0.1) is 17.0 Å². The molecule has 1 unspecified atom stereocenters. The fourth-order valence-corrected chi connectivity index (χ4v) is 4.91. The Morgan fingerprint density at radius 3 is 2.54 bits per heavy atom. The van der Waals surface area contributed by atoms with E-state index in [1.165, 1.54) is 23.1 Å². The van der Waals surface area contributed by atoms with Crippen molar-refractivity contribution in [3.05, 3.63) is 129 Å². The first-order valence-corrected chi connectivity index (χ1v) is 13.1. The van der Waals surface area contributed by atoms with E-state index in [4.69, 9.17) is 4.74 Å². The number of aromatic nitrogens is 2. The van der Waals surface area contributed by atoms with Gasteiger partial charge in [0.1, 0.15) is 18.1 Å². The number of nitro benzene ring substituents is 1. The summed E-state index contributed by atoms with van der Waals surface area (Å²) in [6.07, 6.45) is 5.59. The zero-order valence-electron chi connectivity index (χ0n) is 22.3. The quantitative estimate of drug-likeness (QED) is 0.0943. The molecule has 1 aromatic heterocycles. The molecular formula is C31H28N4O6. The van der Waals surface area contributed by atoms with Crippen molar-refractivity contribution in [1.29, 1.82) is 0 Å². The fraction of sp³-hybridized carbons (Fsp3) is 0.194. The lowest BCUT2D eigenvalue weighted by atomic mass is 9.95. The second-order valence-corrected chi connectivity index (χ2v) is 9.74. The Hall–Kier alpha value is -5.25. The molecule has 4 aromatic rings. The molecule has 1 saturated heterocycles. The van der Waals surface area contributed by atoms with E-state index in [2.05, 4.69) is 4.98 Å². The second-order valence-electron chi connectivity index (χ2n) is 9.74. The molecule has 0 bridgehead atoms. The molecule has 0 spiro atoms. The second kappa shape index (κ2) is 11.9. The Bertz CT molecular complexity index is 1610. The molecule has 2 heterocycles. The summed E-state index contributed by atoms with van der Waals surface area (Å²) in [6, 6.07) is 19.3. The lowest BCUT2D eigenvalue weighted by Crippen LogP contribution is -2.31. The molecule has 1 atom stereocenters. The van der Waals surface area contributed by atoms with Gasteiger partial charge in [-0.15, -0.1) is 0 Å². The highest BCUT2D eigenvalue weighted by Crippen LogP contribution is 2.40. The van der Waals surface area contributed by atoms with Gasteiger partial charge in [-0.1, -0.05) is 36.4 Å². The van der Waals surface area contributed by atoms with Crippen LogP contribution in [-0.2, 0) is 22.7 Å². The number of amides is 1. The number of aliphatic hydroxyl groups is 1. The van der Waals surface area contributed by atoms with Crippen molar-refractivity contribution < 1.29 is 24.4 Å². The number of benzene rings is 3. The van der Waals surface area contributed by atoms with Gasteiger partial charge in [-0.05, 0) is 54.3 Å². The Balaban J connectivity index is 1.45. The maximum atomic E-state index is 13.3. The van der Waals surface area contributed by atoms with E-state index < -0.39 is 22.7 Å². The molecule has 0 saturated carbocycles. The van der Waals surface area contributed by atoms with Gasteiger partial charge in [0, 0.05) is 43.2 Å². The zero-order valence-corrected chi connectivity index (χ0v) is 22.3. The number of non-ortho nitro benzene ring substituents is 1. The average Bonchev–Trinajstić information content (AvgIpc) is 3.59. The summed E-state index contributed by atoms with van der Waals surface area (Å²) in [7, 11) is 0. The minimum absolute atomic E-state index is 0.119. The number of ketones is 1. The number of hydrogen-bond donors (Lipinski definition) is 1. The molecule has 1 aliphatic heterocycles. The summed E-state index contributed by atoms with van der Waals surface area (Å²) < 4.78 is 7.74. The Kier molecular flexibility index (Phi) is 7.91. The summed E-state index contributed by atoms with van der Waals surface area (Å²) in [4.78, 5) is 42.8. The smallest absolute Gasteiger partial charge is 0.295 e. The van der Waals surface area contributed by atoms with Gasteiger partial charge in [0.25, 0.3) is 17.4 Å². The van der Waals surface area contributed by atoms with E-state index in [1.807, 2.05) is 35.8 Å². The lowest BCUT2D eigenvalue weighted by Gasteiger charge is -2.25. The number of rotatable bonds is 10. The molecule has 208 valence electrons. The third-order valence-corrected chi connectivity index (χ3v) is 7.09. The molecule has 1 N–H and O–H groups in total. The normalized spacial score (nSPS) is 16.2. The van der Waals surface area contributed by atoms with Crippen LogP contribution in [0.5, 0.6) is 5.75 Å². The number of nitrogens with zero attached hydrogens (tertiary/aromatic N) is 4. The van der Waals surface area contributed by atoms with E-state index >= 15 is 0 Å². The highest BCUT2D eigenvalue weighted by Gasteiger charge is 2.46. The van der Waals surface area contributed by atoms with E-state index in [9.17, 15) is 24.8 Å². The third kappa shape index (κ3) is 5.86. The Morgan fingerprint density at radius 1 is 1.05 bits per heavy atom. The van der Waals surface area contributed by atoms with Crippen molar-refractivity contribution in [2.24, 2.45) is 0 Å². The number of carbonyl (C=O) groups excluding carboxylic acids is 2. The maximum absolute atomic E-state index is 13.3. The number of likely N-dealkylation sites (tertiary alicyclic amines) is 1. The Labute approximate surface area is 236 Å². The van der Waals surface area contributed by atoms with Crippen LogP contribution in [-0.4, -0.2) is 42.7 Å². The molecule has 3 aromatic carbocycles. The number of ether oxygens (including phenoxy) is 1. The highest BCUT2D eigenvalue weighted by atomic mass is 16.6. The number of aryl methyl sites for hydroxylation is 2. The van der Waals surface area contributed by atoms with Crippen LogP contribution in [0.3, 0.4) is 0 Å². The van der Waals surface area contributed by atoms with Crippen molar-refractivity contribution in [3.8, 4) is 5.75 Å². The largest absolute Gasteiger partial charge is 0.507 e. The zero-order chi connectivity index (χ0) is 28.9. The number of nitro groups is 1. The Morgan fingerprint density at radius 2 is 1.83 bits per heavy atom. The number of aliphatic hydroxyl groups excluding tert-OH is 1. The predicted molar refractivity (Wildman–Crippen MR) is 151 cm³/mol. The first-order chi connectivity index (χ1) is 19.8. The summed E-state index contributed by atoms with van der Waals surface area (Å²) in [5, 5.41) is 22.8. The lowest BCUT2D eigenvalue weighted by molar-refractivity contribution is -0.384. The van der Waals surface area contributed by atoms with Crippen LogP contribution in [0.25, 0.3) is 5.76 Å². The molecule has 1 fully saturated rings.